The van der Waals surface area contributed by atoms with Crippen molar-refractivity contribution >= 4 is 27.6 Å². The average Bonchev–Trinajstić information content (AvgIpc) is 3.27. The molecule has 0 radical (unpaired) electrons. The third-order valence-corrected chi connectivity index (χ3v) is 9.56. The number of carbonyl (C=O) groups is 2. The summed E-state index contributed by atoms with van der Waals surface area (Å²) in [6, 6.07) is 6.15. The Balaban J connectivity index is 1.15. The molecule has 4 bridgehead atoms. The Morgan fingerprint density at radius 3 is 2.06 bits per heavy atom. The van der Waals surface area contributed by atoms with E-state index in [1.807, 2.05) is 0 Å². The number of nitrogens with zero attached hydrogens (tertiary/aromatic N) is 1. The maximum atomic E-state index is 12.9. The average molecular weight is 447 g/mol. The highest BCUT2D eigenvalue weighted by Crippen LogP contribution is 2.60. The molecule has 0 unspecified atom stereocenters. The summed E-state index contributed by atoms with van der Waals surface area (Å²) in [5.41, 5.74) is 0.108. The first kappa shape index (κ1) is 20.9. The van der Waals surface area contributed by atoms with Crippen LogP contribution < -0.4 is 5.32 Å². The first-order valence-electron chi connectivity index (χ1n) is 11.4. The van der Waals surface area contributed by atoms with Crippen LogP contribution in [0.5, 0.6) is 0 Å². The molecule has 4 aliphatic carbocycles. The number of benzene rings is 1. The van der Waals surface area contributed by atoms with Gasteiger partial charge >= 0.3 is 5.97 Å². The van der Waals surface area contributed by atoms with Crippen molar-refractivity contribution in [3.8, 4) is 0 Å². The van der Waals surface area contributed by atoms with E-state index in [2.05, 4.69) is 5.32 Å². The molecule has 1 aromatic rings. The van der Waals surface area contributed by atoms with Crippen LogP contribution in [0.15, 0.2) is 29.2 Å². The summed E-state index contributed by atoms with van der Waals surface area (Å²) < 4.78 is 32.1. The number of hydrogen-bond acceptors (Lipinski definition) is 5. The fourth-order valence-corrected chi connectivity index (χ4v) is 8.15. The molecular formula is C23H30N2O5S. The Kier molecular flexibility index (Phi) is 5.33. The predicted molar refractivity (Wildman–Crippen MR) is 115 cm³/mol. The maximum Gasteiger partial charge on any atom is 0.312 e. The summed E-state index contributed by atoms with van der Waals surface area (Å²) in [5.74, 6) is 1.30. The van der Waals surface area contributed by atoms with E-state index in [1.165, 1.54) is 35.7 Å². The molecule has 1 saturated heterocycles. The number of amides is 1. The van der Waals surface area contributed by atoms with E-state index in [0.29, 0.717) is 36.5 Å². The van der Waals surface area contributed by atoms with Crippen LogP contribution >= 0.6 is 0 Å². The van der Waals surface area contributed by atoms with Crippen molar-refractivity contribution in [2.75, 3.05) is 25.0 Å². The third kappa shape index (κ3) is 4.00. The Morgan fingerprint density at radius 1 is 0.968 bits per heavy atom. The van der Waals surface area contributed by atoms with E-state index in [0.717, 1.165) is 32.1 Å². The molecule has 168 valence electrons. The molecule has 1 amide bonds. The molecule has 31 heavy (non-hydrogen) atoms. The van der Waals surface area contributed by atoms with Crippen molar-refractivity contribution < 1.29 is 22.7 Å². The lowest BCUT2D eigenvalue weighted by Crippen LogP contribution is -2.50. The van der Waals surface area contributed by atoms with Crippen LogP contribution in [0.4, 0.5) is 5.69 Å². The topological polar surface area (TPSA) is 92.8 Å². The van der Waals surface area contributed by atoms with Gasteiger partial charge in [-0.15, -0.1) is 0 Å². The Morgan fingerprint density at radius 2 is 1.52 bits per heavy atom. The van der Waals surface area contributed by atoms with Crippen molar-refractivity contribution in [3.05, 3.63) is 24.3 Å². The fraction of sp³-hybridized carbons (Fsp3) is 0.652. The second-order valence-corrected chi connectivity index (χ2v) is 11.9. The van der Waals surface area contributed by atoms with Gasteiger partial charge in [-0.3, -0.25) is 9.59 Å². The monoisotopic (exact) mass is 446 g/mol. The molecule has 1 aromatic carbocycles. The molecule has 0 aromatic heterocycles. The number of ether oxygens (including phenoxy) is 1. The Bertz CT molecular complexity index is 931. The van der Waals surface area contributed by atoms with E-state index < -0.39 is 15.9 Å². The molecule has 7 nitrogen and oxygen atoms in total. The lowest BCUT2D eigenvalue weighted by atomic mass is 9.49. The minimum absolute atomic E-state index is 0.214. The zero-order valence-electron chi connectivity index (χ0n) is 17.7. The standard InChI is InChI=1S/C23H30N2O5S/c26-21(15-30-22(27)23-12-16-9-17(13-23)11-18(10-16)14-23)24-19-3-5-20(6-4-19)31(28,29)25-7-1-2-8-25/h3-6,16-18H,1-2,7-15H2,(H,24,26). The SMILES string of the molecule is O=C(COC(=O)C12CC3CC(CC(C3)C1)C2)Nc1ccc(S(=O)(=O)N2CCCC2)cc1. The molecule has 0 spiro atoms. The number of hydrogen-bond donors (Lipinski definition) is 1. The van der Waals surface area contributed by atoms with Gasteiger partial charge in [0.1, 0.15) is 0 Å². The number of nitrogens with one attached hydrogen (secondary N) is 1. The van der Waals surface area contributed by atoms with Crippen LogP contribution in [0.3, 0.4) is 0 Å². The number of sulfonamides is 1. The molecular weight excluding hydrogens is 416 g/mol. The van der Waals surface area contributed by atoms with Crippen molar-refractivity contribution in [2.45, 2.75) is 56.3 Å². The molecule has 5 fully saturated rings. The first-order chi connectivity index (χ1) is 14.8. The largest absolute Gasteiger partial charge is 0.455 e. The molecule has 1 heterocycles. The van der Waals surface area contributed by atoms with Gasteiger partial charge in [-0.25, -0.2) is 8.42 Å². The second kappa shape index (κ2) is 7.89. The summed E-state index contributed by atoms with van der Waals surface area (Å²) in [7, 11) is -3.48. The van der Waals surface area contributed by atoms with Crippen LogP contribution in [-0.2, 0) is 24.3 Å². The Labute approximate surface area is 183 Å². The zero-order chi connectivity index (χ0) is 21.6. The summed E-state index contributed by atoms with van der Waals surface area (Å²) in [5, 5.41) is 2.69. The first-order valence-corrected chi connectivity index (χ1v) is 12.9. The third-order valence-electron chi connectivity index (χ3n) is 7.65. The van der Waals surface area contributed by atoms with Gasteiger partial charge in [-0.05, 0) is 93.4 Å². The lowest BCUT2D eigenvalue weighted by Gasteiger charge is -2.55. The summed E-state index contributed by atoms with van der Waals surface area (Å²) in [6.07, 6.45) is 8.24. The van der Waals surface area contributed by atoms with Gasteiger partial charge < -0.3 is 10.1 Å². The molecule has 4 saturated carbocycles. The number of rotatable bonds is 6. The van der Waals surface area contributed by atoms with E-state index in [1.54, 1.807) is 12.1 Å². The van der Waals surface area contributed by atoms with Gasteiger partial charge in [0.25, 0.3) is 5.91 Å². The molecule has 0 atom stereocenters. The Hall–Kier alpha value is -1.93. The van der Waals surface area contributed by atoms with Crippen molar-refractivity contribution in [3.63, 3.8) is 0 Å². The van der Waals surface area contributed by atoms with Gasteiger partial charge in [0.2, 0.25) is 10.0 Å². The highest BCUT2D eigenvalue weighted by Gasteiger charge is 2.55. The van der Waals surface area contributed by atoms with Gasteiger partial charge in [-0.1, -0.05) is 0 Å². The second-order valence-electron chi connectivity index (χ2n) is 9.96. The number of carbonyl (C=O) groups excluding carboxylic acids is 2. The minimum Gasteiger partial charge on any atom is -0.455 e. The van der Waals surface area contributed by atoms with E-state index in [-0.39, 0.29) is 22.9 Å². The van der Waals surface area contributed by atoms with Crippen molar-refractivity contribution in [1.29, 1.82) is 0 Å². The molecule has 5 aliphatic rings. The molecule has 1 aliphatic heterocycles. The van der Waals surface area contributed by atoms with Gasteiger partial charge in [0.15, 0.2) is 6.61 Å². The van der Waals surface area contributed by atoms with Crippen LogP contribution in [-0.4, -0.2) is 44.3 Å². The zero-order valence-corrected chi connectivity index (χ0v) is 18.5. The van der Waals surface area contributed by atoms with Crippen molar-refractivity contribution in [2.24, 2.45) is 23.2 Å². The normalized spacial score (nSPS) is 32.2. The van der Waals surface area contributed by atoms with Crippen molar-refractivity contribution in [1.82, 2.24) is 4.31 Å². The van der Waals surface area contributed by atoms with Gasteiger partial charge in [-0.2, -0.15) is 4.31 Å². The lowest BCUT2D eigenvalue weighted by molar-refractivity contribution is -0.172. The van der Waals surface area contributed by atoms with Crippen LogP contribution in [0.1, 0.15) is 51.4 Å². The van der Waals surface area contributed by atoms with E-state index >= 15 is 0 Å². The van der Waals surface area contributed by atoms with E-state index in [4.69, 9.17) is 4.74 Å². The summed E-state index contributed by atoms with van der Waals surface area (Å²) >= 11 is 0. The summed E-state index contributed by atoms with van der Waals surface area (Å²) in [6.45, 7) is 0.792. The maximum absolute atomic E-state index is 12.9. The smallest absolute Gasteiger partial charge is 0.312 e. The highest BCUT2D eigenvalue weighted by atomic mass is 32.2. The van der Waals surface area contributed by atoms with Crippen LogP contribution in [0, 0.1) is 23.2 Å². The van der Waals surface area contributed by atoms with E-state index in [9.17, 15) is 18.0 Å². The molecule has 1 N–H and O–H groups in total. The number of anilines is 1. The quantitative estimate of drug-likeness (QED) is 0.678. The van der Waals surface area contributed by atoms with Gasteiger partial charge in [0, 0.05) is 18.8 Å². The van der Waals surface area contributed by atoms with Crippen LogP contribution in [0.25, 0.3) is 0 Å². The number of esters is 1. The molecule has 8 heteroatoms. The van der Waals surface area contributed by atoms with Crippen LogP contribution in [0.2, 0.25) is 0 Å². The summed E-state index contributed by atoms with van der Waals surface area (Å²) in [4.78, 5) is 25.4. The van der Waals surface area contributed by atoms with Gasteiger partial charge in [0.05, 0.1) is 10.3 Å². The predicted octanol–water partition coefficient (Wildman–Crippen LogP) is 3.17. The molecule has 6 rings (SSSR count). The highest BCUT2D eigenvalue weighted by molar-refractivity contribution is 7.89. The fourth-order valence-electron chi connectivity index (χ4n) is 6.63. The minimum atomic E-state index is -3.48.